The van der Waals surface area contributed by atoms with E-state index in [2.05, 4.69) is 4.98 Å². The molecule has 0 saturated heterocycles. The molecule has 0 aromatic carbocycles. The zero-order chi connectivity index (χ0) is 10.0. The van der Waals surface area contributed by atoms with Crippen molar-refractivity contribution in [2.24, 2.45) is 0 Å². The van der Waals surface area contributed by atoms with Crippen molar-refractivity contribution in [1.82, 2.24) is 4.98 Å². The van der Waals surface area contributed by atoms with E-state index in [1.165, 1.54) is 7.11 Å². The van der Waals surface area contributed by atoms with Gasteiger partial charge in [0, 0.05) is 11.2 Å². The lowest BCUT2D eigenvalue weighted by Gasteiger charge is -2.10. The lowest BCUT2D eigenvalue weighted by Crippen LogP contribution is -2.34. The summed E-state index contributed by atoms with van der Waals surface area (Å²) in [5.74, 6) is 0.271. The van der Waals surface area contributed by atoms with E-state index in [9.17, 15) is 0 Å². The smallest absolute Gasteiger partial charge is 0.481 e. The van der Waals surface area contributed by atoms with Crippen LogP contribution in [-0.2, 0) is 0 Å². The quantitative estimate of drug-likeness (QED) is 0.597. The van der Waals surface area contributed by atoms with Crippen LogP contribution in [0.15, 0.2) is 6.07 Å². The molecule has 0 unspecified atom stereocenters. The van der Waals surface area contributed by atoms with Gasteiger partial charge in [0.25, 0.3) is 0 Å². The van der Waals surface area contributed by atoms with E-state index in [1.807, 2.05) is 6.92 Å². The van der Waals surface area contributed by atoms with Gasteiger partial charge >= 0.3 is 7.12 Å². The first-order valence-corrected chi connectivity index (χ1v) is 3.94. The standard InChI is InChI=1S/C8H12BNO3/c1-5-4-6(2)10-8(13-3)7(5)9(11)12/h4,11-12H,1-3H3. The van der Waals surface area contributed by atoms with Gasteiger partial charge in [0.15, 0.2) is 0 Å². The Morgan fingerprint density at radius 1 is 1.38 bits per heavy atom. The van der Waals surface area contributed by atoms with Crippen LogP contribution >= 0.6 is 0 Å². The Hall–Kier alpha value is -1.07. The number of hydrogen-bond acceptors (Lipinski definition) is 4. The van der Waals surface area contributed by atoms with Crippen molar-refractivity contribution in [1.29, 1.82) is 0 Å². The van der Waals surface area contributed by atoms with Crippen LogP contribution in [0.3, 0.4) is 0 Å². The van der Waals surface area contributed by atoms with Crippen molar-refractivity contribution < 1.29 is 14.8 Å². The highest BCUT2D eigenvalue weighted by Crippen LogP contribution is 2.08. The second-order valence-corrected chi connectivity index (χ2v) is 2.88. The average molecular weight is 181 g/mol. The zero-order valence-electron chi connectivity index (χ0n) is 7.90. The van der Waals surface area contributed by atoms with Gasteiger partial charge in [-0.3, -0.25) is 0 Å². The molecule has 1 rings (SSSR count). The highest BCUT2D eigenvalue weighted by atomic mass is 16.5. The molecule has 0 amide bonds. The average Bonchev–Trinajstić information content (AvgIpc) is 2.01. The summed E-state index contributed by atoms with van der Waals surface area (Å²) in [5.41, 5.74) is 1.88. The minimum atomic E-state index is -1.54. The van der Waals surface area contributed by atoms with Gasteiger partial charge in [-0.1, -0.05) is 0 Å². The van der Waals surface area contributed by atoms with E-state index in [1.54, 1.807) is 13.0 Å². The summed E-state index contributed by atoms with van der Waals surface area (Å²) >= 11 is 0. The molecule has 0 fully saturated rings. The highest BCUT2D eigenvalue weighted by molar-refractivity contribution is 6.60. The van der Waals surface area contributed by atoms with E-state index >= 15 is 0 Å². The molecule has 2 N–H and O–H groups in total. The summed E-state index contributed by atoms with van der Waals surface area (Å²) in [4.78, 5) is 4.03. The number of ether oxygens (including phenoxy) is 1. The number of rotatable bonds is 2. The fourth-order valence-corrected chi connectivity index (χ4v) is 1.28. The molecule has 0 aliphatic rings. The molecule has 0 spiro atoms. The van der Waals surface area contributed by atoms with E-state index in [-0.39, 0.29) is 5.88 Å². The fraction of sp³-hybridized carbons (Fsp3) is 0.375. The van der Waals surface area contributed by atoms with Crippen molar-refractivity contribution >= 4 is 12.6 Å². The maximum Gasteiger partial charge on any atom is 0.494 e. The summed E-state index contributed by atoms with van der Waals surface area (Å²) in [7, 11) is -0.0874. The van der Waals surface area contributed by atoms with Crippen molar-refractivity contribution in [2.45, 2.75) is 13.8 Å². The Morgan fingerprint density at radius 2 is 2.00 bits per heavy atom. The Kier molecular flexibility index (Phi) is 2.90. The van der Waals surface area contributed by atoms with Crippen LogP contribution in [0.5, 0.6) is 5.88 Å². The number of aryl methyl sites for hydroxylation is 2. The van der Waals surface area contributed by atoms with E-state index in [0.29, 0.717) is 5.46 Å². The van der Waals surface area contributed by atoms with Crippen molar-refractivity contribution in [2.75, 3.05) is 7.11 Å². The second kappa shape index (κ2) is 3.76. The summed E-state index contributed by atoms with van der Waals surface area (Å²) in [5, 5.41) is 18.1. The second-order valence-electron chi connectivity index (χ2n) is 2.88. The van der Waals surface area contributed by atoms with E-state index in [4.69, 9.17) is 14.8 Å². The summed E-state index contributed by atoms with van der Waals surface area (Å²) < 4.78 is 4.94. The number of methoxy groups -OCH3 is 1. The third-order valence-corrected chi connectivity index (χ3v) is 1.81. The third-order valence-electron chi connectivity index (χ3n) is 1.81. The topological polar surface area (TPSA) is 62.6 Å². The minimum absolute atomic E-state index is 0.271. The van der Waals surface area contributed by atoms with E-state index < -0.39 is 7.12 Å². The Bertz CT molecular complexity index is 315. The largest absolute Gasteiger partial charge is 0.494 e. The Labute approximate surface area is 77.3 Å². The van der Waals surface area contributed by atoms with Gasteiger partial charge < -0.3 is 14.8 Å². The molecule has 1 heterocycles. The highest BCUT2D eigenvalue weighted by Gasteiger charge is 2.21. The van der Waals surface area contributed by atoms with Crippen molar-refractivity contribution in [3.63, 3.8) is 0 Å². The van der Waals surface area contributed by atoms with Gasteiger partial charge in [0.1, 0.15) is 0 Å². The fourth-order valence-electron chi connectivity index (χ4n) is 1.28. The maximum atomic E-state index is 9.04. The molecule has 0 aliphatic carbocycles. The molecule has 0 aliphatic heterocycles. The van der Waals surface area contributed by atoms with Gasteiger partial charge in [-0.05, 0) is 25.5 Å². The van der Waals surface area contributed by atoms with Gasteiger partial charge in [-0.25, -0.2) is 4.98 Å². The van der Waals surface area contributed by atoms with Crippen LogP contribution in [0.25, 0.3) is 0 Å². The molecule has 0 atom stereocenters. The summed E-state index contributed by atoms with van der Waals surface area (Å²) in [6.45, 7) is 3.61. The third kappa shape index (κ3) is 1.99. The Balaban J connectivity index is 3.30. The van der Waals surface area contributed by atoms with Crippen molar-refractivity contribution in [3.05, 3.63) is 17.3 Å². The van der Waals surface area contributed by atoms with E-state index in [0.717, 1.165) is 11.3 Å². The molecule has 1 aromatic rings. The monoisotopic (exact) mass is 181 g/mol. The Morgan fingerprint density at radius 3 is 2.46 bits per heavy atom. The molecule has 0 radical (unpaired) electrons. The van der Waals surface area contributed by atoms with Crippen LogP contribution < -0.4 is 10.2 Å². The first-order chi connectivity index (χ1) is 6.06. The predicted octanol–water partition coefficient (Wildman–Crippen LogP) is -0.613. The van der Waals surface area contributed by atoms with Crippen LogP contribution in [0.2, 0.25) is 0 Å². The SMILES string of the molecule is COc1nc(C)cc(C)c1B(O)O. The normalized spacial score (nSPS) is 9.92. The number of aromatic nitrogens is 1. The van der Waals surface area contributed by atoms with Crippen LogP contribution in [0.1, 0.15) is 11.3 Å². The molecule has 13 heavy (non-hydrogen) atoms. The number of nitrogens with zero attached hydrogens (tertiary/aromatic N) is 1. The maximum absolute atomic E-state index is 9.04. The van der Waals surface area contributed by atoms with Crippen molar-refractivity contribution in [3.8, 4) is 5.88 Å². The van der Waals surface area contributed by atoms with Gasteiger partial charge in [0.05, 0.1) is 7.11 Å². The lowest BCUT2D eigenvalue weighted by atomic mass is 9.78. The molecule has 70 valence electrons. The lowest BCUT2D eigenvalue weighted by molar-refractivity contribution is 0.390. The number of pyridine rings is 1. The first-order valence-electron chi connectivity index (χ1n) is 3.94. The number of hydrogen-bond donors (Lipinski definition) is 2. The van der Waals surface area contributed by atoms with Crippen LogP contribution in [-0.4, -0.2) is 29.3 Å². The zero-order valence-corrected chi connectivity index (χ0v) is 7.90. The predicted molar refractivity (Wildman–Crippen MR) is 50.1 cm³/mol. The molecule has 5 heteroatoms. The molecular weight excluding hydrogens is 169 g/mol. The summed E-state index contributed by atoms with van der Waals surface area (Å²) in [6.07, 6.45) is 0. The molecule has 0 saturated carbocycles. The first kappa shape index (κ1) is 10.0. The molecule has 4 nitrogen and oxygen atoms in total. The molecule has 1 aromatic heterocycles. The van der Waals surface area contributed by atoms with Gasteiger partial charge in [0.2, 0.25) is 5.88 Å². The molecular formula is C8H12BNO3. The van der Waals surface area contributed by atoms with Crippen LogP contribution in [0.4, 0.5) is 0 Å². The van der Waals surface area contributed by atoms with Gasteiger partial charge in [-0.15, -0.1) is 0 Å². The molecule has 0 bridgehead atoms. The minimum Gasteiger partial charge on any atom is -0.481 e. The van der Waals surface area contributed by atoms with Crippen LogP contribution in [0, 0.1) is 13.8 Å². The summed E-state index contributed by atoms with van der Waals surface area (Å²) in [6, 6.07) is 1.78. The van der Waals surface area contributed by atoms with Gasteiger partial charge in [-0.2, -0.15) is 0 Å².